The Labute approximate surface area is 164 Å². The van der Waals surface area contributed by atoms with Gasteiger partial charge in [0, 0.05) is 39.0 Å². The van der Waals surface area contributed by atoms with Gasteiger partial charge in [0.2, 0.25) is 0 Å². The Kier molecular flexibility index (Phi) is 4.68. The molecule has 0 bridgehead atoms. The van der Waals surface area contributed by atoms with Crippen LogP contribution in [-0.2, 0) is 0 Å². The molecule has 0 aliphatic heterocycles. The van der Waals surface area contributed by atoms with Gasteiger partial charge in [0.05, 0.1) is 5.69 Å². The van der Waals surface area contributed by atoms with Gasteiger partial charge >= 0.3 is 0 Å². The molecule has 3 aromatic heterocycles. The molecule has 0 aliphatic rings. The minimum absolute atomic E-state index is 0.239. The van der Waals surface area contributed by atoms with Crippen LogP contribution in [0.4, 0.5) is 0 Å². The molecule has 0 aliphatic carbocycles. The average Bonchev–Trinajstić information content (AvgIpc) is 2.67. The summed E-state index contributed by atoms with van der Waals surface area (Å²) in [5.74, 6) is 0. The van der Waals surface area contributed by atoms with E-state index >= 15 is 0 Å². The zero-order valence-electron chi connectivity index (χ0n) is 14.7. The summed E-state index contributed by atoms with van der Waals surface area (Å²) >= 11 is 7.93. The van der Waals surface area contributed by atoms with E-state index in [1.165, 1.54) is 11.8 Å². The molecule has 3 heterocycles. The van der Waals surface area contributed by atoms with Crippen LogP contribution >= 0.6 is 23.4 Å². The van der Waals surface area contributed by atoms with Gasteiger partial charge in [-0.1, -0.05) is 41.6 Å². The molecule has 0 saturated heterocycles. The fourth-order valence-electron chi connectivity index (χ4n) is 2.87. The Morgan fingerprint density at radius 3 is 2.67 bits per heavy atom. The quantitative estimate of drug-likeness (QED) is 0.401. The molecule has 0 radical (unpaired) electrons. The van der Waals surface area contributed by atoms with Gasteiger partial charge in [0.1, 0.15) is 5.65 Å². The third-order valence-corrected chi connectivity index (χ3v) is 5.07. The van der Waals surface area contributed by atoms with E-state index in [0.717, 1.165) is 22.3 Å². The molecule has 0 amide bonds. The summed E-state index contributed by atoms with van der Waals surface area (Å²) in [7, 11) is 0. The van der Waals surface area contributed by atoms with Crippen LogP contribution in [0.2, 0.25) is 5.02 Å². The van der Waals surface area contributed by atoms with Crippen LogP contribution in [0.25, 0.3) is 33.4 Å². The zero-order chi connectivity index (χ0) is 19.0. The maximum absolute atomic E-state index is 12.6. The summed E-state index contributed by atoms with van der Waals surface area (Å²) in [6, 6.07) is 13.2. The van der Waals surface area contributed by atoms with E-state index in [0.29, 0.717) is 27.0 Å². The molecule has 1 aromatic carbocycles. The van der Waals surface area contributed by atoms with Crippen molar-refractivity contribution in [1.82, 2.24) is 19.9 Å². The van der Waals surface area contributed by atoms with Crippen molar-refractivity contribution < 1.29 is 0 Å². The van der Waals surface area contributed by atoms with Gasteiger partial charge < -0.3 is 4.98 Å². The topological polar surface area (TPSA) is 71.5 Å². The van der Waals surface area contributed by atoms with Crippen molar-refractivity contribution in [3.8, 4) is 22.4 Å². The highest BCUT2D eigenvalue weighted by molar-refractivity contribution is 7.98. The van der Waals surface area contributed by atoms with Crippen LogP contribution in [0.5, 0.6) is 0 Å². The molecular formula is C20H15ClN4OS. The van der Waals surface area contributed by atoms with Crippen LogP contribution < -0.4 is 5.56 Å². The first-order chi connectivity index (χ1) is 13.0. The average molecular weight is 395 g/mol. The summed E-state index contributed by atoms with van der Waals surface area (Å²) in [5.41, 5.74) is 4.09. The van der Waals surface area contributed by atoms with E-state index in [-0.39, 0.29) is 5.56 Å². The molecule has 0 atom stereocenters. The minimum atomic E-state index is -0.239. The van der Waals surface area contributed by atoms with Crippen LogP contribution in [0.1, 0.15) is 5.69 Å². The van der Waals surface area contributed by atoms with Crippen LogP contribution in [0.15, 0.2) is 58.6 Å². The smallest absolute Gasteiger partial charge is 0.257 e. The highest BCUT2D eigenvalue weighted by atomic mass is 35.5. The zero-order valence-corrected chi connectivity index (χ0v) is 16.2. The Morgan fingerprint density at radius 2 is 1.93 bits per heavy atom. The van der Waals surface area contributed by atoms with Gasteiger partial charge in [-0.3, -0.25) is 9.78 Å². The summed E-state index contributed by atoms with van der Waals surface area (Å²) in [5, 5.41) is 1.85. The lowest BCUT2D eigenvalue weighted by Crippen LogP contribution is -2.10. The third kappa shape index (κ3) is 3.46. The van der Waals surface area contributed by atoms with E-state index in [4.69, 9.17) is 11.6 Å². The third-order valence-electron chi connectivity index (χ3n) is 4.20. The number of hydrogen-bond donors (Lipinski definition) is 1. The number of nitrogens with zero attached hydrogens (tertiary/aromatic N) is 3. The predicted molar refractivity (Wildman–Crippen MR) is 110 cm³/mol. The molecule has 1 N–H and O–H groups in total. The second kappa shape index (κ2) is 7.13. The molecule has 27 heavy (non-hydrogen) atoms. The Hall–Kier alpha value is -2.70. The van der Waals surface area contributed by atoms with Gasteiger partial charge in [-0.25, -0.2) is 9.97 Å². The SMILES string of the molecule is CSc1ncc2cc(-c3ccc(-c4cccc(C)n4)cc3Cl)c(=O)[nH]c2n1. The van der Waals surface area contributed by atoms with Gasteiger partial charge in [0.15, 0.2) is 5.16 Å². The van der Waals surface area contributed by atoms with E-state index < -0.39 is 0 Å². The van der Waals surface area contributed by atoms with Crippen molar-refractivity contribution in [3.05, 3.63) is 69.7 Å². The van der Waals surface area contributed by atoms with E-state index in [1.807, 2.05) is 49.6 Å². The van der Waals surface area contributed by atoms with Crippen LogP contribution in [0.3, 0.4) is 0 Å². The molecule has 134 valence electrons. The number of halogens is 1. The summed E-state index contributed by atoms with van der Waals surface area (Å²) in [6.45, 7) is 1.94. The number of aromatic amines is 1. The van der Waals surface area contributed by atoms with Crippen molar-refractivity contribution >= 4 is 34.4 Å². The largest absolute Gasteiger partial charge is 0.306 e. The maximum atomic E-state index is 12.6. The van der Waals surface area contributed by atoms with Crippen molar-refractivity contribution in [2.45, 2.75) is 12.1 Å². The molecule has 7 heteroatoms. The molecule has 4 aromatic rings. The van der Waals surface area contributed by atoms with Crippen molar-refractivity contribution in [2.75, 3.05) is 6.26 Å². The molecule has 0 saturated carbocycles. The highest BCUT2D eigenvalue weighted by Crippen LogP contribution is 2.31. The van der Waals surface area contributed by atoms with Gasteiger partial charge in [-0.2, -0.15) is 0 Å². The molecule has 0 spiro atoms. The fraction of sp³-hybridized carbons (Fsp3) is 0.100. The fourth-order valence-corrected chi connectivity index (χ4v) is 3.49. The first kappa shape index (κ1) is 17.7. The van der Waals surface area contributed by atoms with Gasteiger partial charge in [-0.05, 0) is 37.4 Å². The van der Waals surface area contributed by atoms with Crippen molar-refractivity contribution in [2.24, 2.45) is 0 Å². The Balaban J connectivity index is 1.81. The monoisotopic (exact) mass is 394 g/mol. The van der Waals surface area contributed by atoms with Crippen LogP contribution in [0, 0.1) is 6.92 Å². The maximum Gasteiger partial charge on any atom is 0.257 e. The summed E-state index contributed by atoms with van der Waals surface area (Å²) in [4.78, 5) is 28.5. The van der Waals surface area contributed by atoms with Crippen molar-refractivity contribution in [1.29, 1.82) is 0 Å². The lowest BCUT2D eigenvalue weighted by Gasteiger charge is -2.08. The van der Waals surface area contributed by atoms with E-state index in [1.54, 1.807) is 12.3 Å². The molecular weight excluding hydrogens is 380 g/mol. The van der Waals surface area contributed by atoms with E-state index in [2.05, 4.69) is 19.9 Å². The summed E-state index contributed by atoms with van der Waals surface area (Å²) in [6.07, 6.45) is 3.59. The number of fused-ring (bicyclic) bond motifs is 1. The number of rotatable bonds is 3. The molecule has 4 rings (SSSR count). The molecule has 0 unspecified atom stereocenters. The van der Waals surface area contributed by atoms with Gasteiger partial charge in [-0.15, -0.1) is 0 Å². The number of pyridine rings is 2. The lowest BCUT2D eigenvalue weighted by atomic mass is 10.0. The van der Waals surface area contributed by atoms with E-state index in [9.17, 15) is 4.79 Å². The van der Waals surface area contributed by atoms with Crippen molar-refractivity contribution in [3.63, 3.8) is 0 Å². The standard InChI is InChI=1S/C20H15ClN4OS/c1-11-4-3-5-17(23-11)12-6-7-14(16(21)9-12)15-8-13-10-22-20(27-2)25-18(13)24-19(15)26/h3-10H,1-2H3,(H,22,24,25,26). The van der Waals surface area contributed by atoms with Gasteiger partial charge in [0.25, 0.3) is 5.56 Å². The second-order valence-corrected chi connectivity index (χ2v) is 7.21. The number of hydrogen-bond acceptors (Lipinski definition) is 5. The number of aromatic nitrogens is 4. The van der Waals surface area contributed by atoms with Crippen LogP contribution in [-0.4, -0.2) is 26.2 Å². The number of aryl methyl sites for hydroxylation is 1. The predicted octanol–water partition coefficient (Wildman–Crippen LogP) is 4.73. The minimum Gasteiger partial charge on any atom is -0.306 e. The molecule has 5 nitrogen and oxygen atoms in total. The first-order valence-electron chi connectivity index (χ1n) is 8.23. The Bertz CT molecular complexity index is 1220. The normalized spacial score (nSPS) is 11.1. The number of benzene rings is 1. The second-order valence-electron chi connectivity index (χ2n) is 6.03. The summed E-state index contributed by atoms with van der Waals surface area (Å²) < 4.78 is 0. The highest BCUT2D eigenvalue weighted by Gasteiger charge is 2.12. The number of H-pyrrole nitrogens is 1. The first-order valence-corrected chi connectivity index (χ1v) is 9.83. The Morgan fingerprint density at radius 1 is 1.07 bits per heavy atom. The molecule has 0 fully saturated rings. The number of thioether (sulfide) groups is 1. The number of nitrogens with one attached hydrogen (secondary N) is 1. The lowest BCUT2D eigenvalue weighted by molar-refractivity contribution is 0.988.